The van der Waals surface area contributed by atoms with Crippen molar-refractivity contribution >= 4 is 0 Å². The zero-order valence-corrected chi connectivity index (χ0v) is 13.7. The first-order chi connectivity index (χ1) is 11.3. The molecule has 1 saturated heterocycles. The smallest absolute Gasteiger partial charge is 0.168 e. The largest absolute Gasteiger partial charge is 0.369 e. The van der Waals surface area contributed by atoms with Gasteiger partial charge in [0.1, 0.15) is 0 Å². The van der Waals surface area contributed by atoms with E-state index in [0.717, 1.165) is 25.9 Å². The van der Waals surface area contributed by atoms with Crippen molar-refractivity contribution in [2.24, 2.45) is 5.92 Å². The van der Waals surface area contributed by atoms with Crippen LogP contribution in [0.25, 0.3) is 0 Å². The van der Waals surface area contributed by atoms with E-state index in [4.69, 9.17) is 14.2 Å². The Kier molecular flexibility index (Phi) is 4.52. The van der Waals surface area contributed by atoms with E-state index >= 15 is 0 Å². The van der Waals surface area contributed by atoms with Crippen molar-refractivity contribution < 1.29 is 14.2 Å². The maximum Gasteiger partial charge on any atom is 0.168 e. The molecular formula is C20H26O3. The molecule has 2 aliphatic carbocycles. The van der Waals surface area contributed by atoms with E-state index < -0.39 is 0 Å². The summed E-state index contributed by atoms with van der Waals surface area (Å²) in [5.74, 6) is 0.164. The molecular weight excluding hydrogens is 288 g/mol. The van der Waals surface area contributed by atoms with Gasteiger partial charge in [-0.2, -0.15) is 0 Å². The third kappa shape index (κ3) is 3.52. The summed E-state index contributed by atoms with van der Waals surface area (Å²) in [6.45, 7) is 1.41. The maximum absolute atomic E-state index is 6.36. The predicted octanol–water partition coefficient (Wildman–Crippen LogP) is 4.22. The lowest BCUT2D eigenvalue weighted by atomic mass is 9.94. The van der Waals surface area contributed by atoms with Crippen molar-refractivity contribution in [2.45, 2.75) is 63.1 Å². The molecule has 0 unspecified atom stereocenters. The summed E-state index contributed by atoms with van der Waals surface area (Å²) in [6, 6.07) is 10.4. The fourth-order valence-electron chi connectivity index (χ4n) is 4.01. The summed E-state index contributed by atoms with van der Waals surface area (Å²) in [7, 11) is 0. The van der Waals surface area contributed by atoms with Crippen molar-refractivity contribution in [3.63, 3.8) is 0 Å². The van der Waals surface area contributed by atoms with Crippen molar-refractivity contribution in [1.82, 2.24) is 0 Å². The Labute approximate surface area is 138 Å². The van der Waals surface area contributed by atoms with E-state index in [1.54, 1.807) is 0 Å². The minimum absolute atomic E-state index is 0.201. The highest BCUT2D eigenvalue weighted by molar-refractivity contribution is 5.14. The van der Waals surface area contributed by atoms with E-state index in [9.17, 15) is 0 Å². The summed E-state index contributed by atoms with van der Waals surface area (Å²) < 4.78 is 18.5. The van der Waals surface area contributed by atoms with Gasteiger partial charge in [0, 0.05) is 18.8 Å². The van der Waals surface area contributed by atoms with Crippen LogP contribution in [0.5, 0.6) is 0 Å². The zero-order valence-electron chi connectivity index (χ0n) is 13.7. The summed E-state index contributed by atoms with van der Waals surface area (Å²) in [6.07, 6.45) is 11.8. The van der Waals surface area contributed by atoms with E-state index in [0.29, 0.717) is 12.5 Å². The van der Waals surface area contributed by atoms with Gasteiger partial charge in [0.2, 0.25) is 0 Å². The number of hydrogen-bond acceptors (Lipinski definition) is 3. The molecule has 3 atom stereocenters. The minimum atomic E-state index is -0.264. The lowest BCUT2D eigenvalue weighted by molar-refractivity contribution is -0.190. The summed E-state index contributed by atoms with van der Waals surface area (Å²) in [5, 5.41) is 0. The van der Waals surface area contributed by atoms with E-state index in [1.165, 1.54) is 24.8 Å². The summed E-state index contributed by atoms with van der Waals surface area (Å²) in [4.78, 5) is 0. The molecule has 0 bridgehead atoms. The van der Waals surface area contributed by atoms with Crippen molar-refractivity contribution in [3.8, 4) is 0 Å². The highest BCUT2D eigenvalue weighted by Crippen LogP contribution is 2.41. The van der Waals surface area contributed by atoms with Gasteiger partial charge >= 0.3 is 0 Å². The van der Waals surface area contributed by atoms with Crippen LogP contribution in [0.1, 0.15) is 44.1 Å². The van der Waals surface area contributed by atoms with Crippen LogP contribution >= 0.6 is 0 Å². The van der Waals surface area contributed by atoms with Crippen LogP contribution < -0.4 is 0 Å². The van der Waals surface area contributed by atoms with E-state index in [-0.39, 0.29) is 18.0 Å². The molecule has 3 heteroatoms. The van der Waals surface area contributed by atoms with Crippen molar-refractivity contribution in [3.05, 3.63) is 48.0 Å². The molecule has 0 aromatic heterocycles. The first-order valence-corrected chi connectivity index (χ1v) is 8.99. The maximum atomic E-state index is 6.36. The molecule has 1 spiro atoms. The van der Waals surface area contributed by atoms with Gasteiger partial charge < -0.3 is 14.2 Å². The molecule has 0 radical (unpaired) electrons. The predicted molar refractivity (Wildman–Crippen MR) is 88.9 cm³/mol. The summed E-state index contributed by atoms with van der Waals surface area (Å²) in [5.41, 5.74) is 1.23. The van der Waals surface area contributed by atoms with Crippen LogP contribution in [0.3, 0.4) is 0 Å². The van der Waals surface area contributed by atoms with Crippen LogP contribution in [-0.4, -0.2) is 24.6 Å². The van der Waals surface area contributed by atoms with Gasteiger partial charge in [-0.25, -0.2) is 0 Å². The SMILES string of the molecule is C1=C[C@H](OCc2ccccc2)C[C@@H]1[C@H]1COC2(CCCCC2)O1. The number of hydrogen-bond donors (Lipinski definition) is 0. The molecule has 1 saturated carbocycles. The van der Waals surface area contributed by atoms with Crippen LogP contribution in [-0.2, 0) is 20.8 Å². The number of benzene rings is 1. The Morgan fingerprint density at radius 2 is 1.87 bits per heavy atom. The molecule has 23 heavy (non-hydrogen) atoms. The van der Waals surface area contributed by atoms with E-state index in [2.05, 4.69) is 36.4 Å². The lowest BCUT2D eigenvalue weighted by Gasteiger charge is -2.32. The molecule has 1 aliphatic heterocycles. The first kappa shape index (κ1) is 15.4. The van der Waals surface area contributed by atoms with Crippen LogP contribution in [0.2, 0.25) is 0 Å². The van der Waals surface area contributed by atoms with Gasteiger partial charge in [0.15, 0.2) is 5.79 Å². The Hall–Kier alpha value is -1.16. The molecule has 0 amide bonds. The quantitative estimate of drug-likeness (QED) is 0.779. The molecule has 124 valence electrons. The van der Waals surface area contributed by atoms with Crippen LogP contribution in [0.4, 0.5) is 0 Å². The third-order valence-electron chi connectivity index (χ3n) is 5.35. The zero-order chi connectivity index (χ0) is 15.5. The minimum Gasteiger partial charge on any atom is -0.369 e. The van der Waals surface area contributed by atoms with Crippen LogP contribution in [0.15, 0.2) is 42.5 Å². The van der Waals surface area contributed by atoms with Crippen molar-refractivity contribution in [1.29, 1.82) is 0 Å². The Morgan fingerprint density at radius 1 is 1.04 bits per heavy atom. The average molecular weight is 314 g/mol. The van der Waals surface area contributed by atoms with Gasteiger partial charge in [0.25, 0.3) is 0 Å². The third-order valence-corrected chi connectivity index (χ3v) is 5.35. The molecule has 1 heterocycles. The topological polar surface area (TPSA) is 27.7 Å². The fourth-order valence-corrected chi connectivity index (χ4v) is 4.01. The van der Waals surface area contributed by atoms with Gasteiger partial charge in [-0.05, 0) is 24.8 Å². The molecule has 1 aromatic rings. The first-order valence-electron chi connectivity index (χ1n) is 8.99. The second-order valence-corrected chi connectivity index (χ2v) is 7.06. The Balaban J connectivity index is 1.27. The average Bonchev–Trinajstić information content (AvgIpc) is 3.22. The molecule has 3 nitrogen and oxygen atoms in total. The van der Waals surface area contributed by atoms with Gasteiger partial charge in [-0.15, -0.1) is 0 Å². The Morgan fingerprint density at radius 3 is 2.70 bits per heavy atom. The molecule has 1 aromatic carbocycles. The van der Waals surface area contributed by atoms with Gasteiger partial charge in [0.05, 0.1) is 25.4 Å². The van der Waals surface area contributed by atoms with E-state index in [1.807, 2.05) is 6.07 Å². The molecule has 0 N–H and O–H groups in total. The van der Waals surface area contributed by atoms with Gasteiger partial charge in [-0.3, -0.25) is 0 Å². The summed E-state index contributed by atoms with van der Waals surface area (Å²) >= 11 is 0. The highest BCUT2D eigenvalue weighted by atomic mass is 16.7. The fraction of sp³-hybridized carbons (Fsp3) is 0.600. The van der Waals surface area contributed by atoms with Gasteiger partial charge in [-0.1, -0.05) is 48.9 Å². The second-order valence-electron chi connectivity index (χ2n) is 7.06. The molecule has 2 fully saturated rings. The van der Waals surface area contributed by atoms with Crippen LogP contribution in [0, 0.1) is 5.92 Å². The second kappa shape index (κ2) is 6.76. The normalized spacial score (nSPS) is 32.6. The highest BCUT2D eigenvalue weighted by Gasteiger charge is 2.45. The lowest BCUT2D eigenvalue weighted by Crippen LogP contribution is -2.34. The Bertz CT molecular complexity index is 533. The number of rotatable bonds is 4. The number of ether oxygens (including phenoxy) is 3. The standard InChI is InChI=1S/C20H26O3/c1-3-7-16(8-4-1)14-21-18-10-9-17(13-18)19-15-22-20(23-19)11-5-2-6-12-20/h1,3-4,7-10,17-19H,2,5-6,11-15H2/t17-,18+,19-/m1/s1. The molecule has 4 rings (SSSR count). The van der Waals surface area contributed by atoms with Crippen molar-refractivity contribution in [2.75, 3.05) is 6.61 Å². The monoisotopic (exact) mass is 314 g/mol. The molecule has 3 aliphatic rings.